The number of carboxylic acid groups (broad SMARTS) is 1. The number of benzene rings is 1. The number of allylic oxidation sites excluding steroid dienone is 3. The fraction of sp³-hybridized carbons (Fsp3) is 0.458. The van der Waals surface area contributed by atoms with E-state index in [0.29, 0.717) is 40.7 Å². The third-order valence-corrected chi connectivity index (χ3v) is 5.78. The van der Waals surface area contributed by atoms with E-state index in [1.54, 1.807) is 37.3 Å². The highest BCUT2D eigenvalue weighted by atomic mass is 16.8. The lowest BCUT2D eigenvalue weighted by molar-refractivity contribution is -0.736. The lowest BCUT2D eigenvalue weighted by Crippen LogP contribution is -2.44. The van der Waals surface area contributed by atoms with Gasteiger partial charge in [-0.1, -0.05) is 18.2 Å². The number of nitrogens with zero attached hydrogens (tertiary/aromatic N) is 2. The van der Waals surface area contributed by atoms with E-state index in [1.165, 1.54) is 14.2 Å². The van der Waals surface area contributed by atoms with Crippen molar-refractivity contribution in [1.29, 1.82) is 0 Å². The highest BCUT2D eigenvalue weighted by Gasteiger charge is 2.36. The Hall–Kier alpha value is -3.41. The molecule has 3 unspecified atom stereocenters. The lowest BCUT2D eigenvalue weighted by atomic mass is 9.85. The van der Waals surface area contributed by atoms with Gasteiger partial charge in [-0.15, -0.1) is 0 Å². The summed E-state index contributed by atoms with van der Waals surface area (Å²) in [4.78, 5) is 30.4. The molecule has 35 heavy (non-hydrogen) atoms. The second-order valence-corrected chi connectivity index (χ2v) is 7.95. The molecule has 3 atom stereocenters. The number of rotatable bonds is 13. The van der Waals surface area contributed by atoms with Crippen LogP contribution in [0, 0.1) is 10.8 Å². The van der Waals surface area contributed by atoms with Gasteiger partial charge >= 0.3 is 11.7 Å². The quantitative estimate of drug-likeness (QED) is 0.238. The summed E-state index contributed by atoms with van der Waals surface area (Å²) in [5.74, 6) is -0.961. The van der Waals surface area contributed by atoms with E-state index >= 15 is 0 Å². The zero-order chi connectivity index (χ0) is 26.1. The van der Waals surface area contributed by atoms with E-state index < -0.39 is 24.8 Å². The standard InChI is InChI=1S/C24H34N4O7/c1-6-15(8-7-11-33-3)18(13-16-12-17(28(32)35-5)9-10-20(16)34-4)23-22(19(29)14-21(30)31)26-24(25)27(23)2/h6-10,12,18-19,24,26,29H,11,13-14,25H2,1-5H3/p+1/b8-7-,15-6+. The Morgan fingerprint density at radius 1 is 1.34 bits per heavy atom. The maximum absolute atomic E-state index is 12.1. The Morgan fingerprint density at radius 2 is 2.06 bits per heavy atom. The molecule has 0 amide bonds. The van der Waals surface area contributed by atoms with Crippen molar-refractivity contribution in [3.63, 3.8) is 0 Å². The summed E-state index contributed by atoms with van der Waals surface area (Å²) in [5, 5.41) is 23.0. The van der Waals surface area contributed by atoms with Crippen LogP contribution >= 0.6 is 0 Å². The first kappa shape index (κ1) is 27.8. The van der Waals surface area contributed by atoms with E-state index in [1.807, 2.05) is 25.2 Å². The van der Waals surface area contributed by atoms with Crippen LogP contribution in [0.4, 0.5) is 5.69 Å². The minimum absolute atomic E-state index is 0.286. The number of carbonyl (C=O) groups is 1. The number of hydrogen-bond acceptors (Lipinski definition) is 9. The summed E-state index contributed by atoms with van der Waals surface area (Å²) in [5.41, 5.74) is 9.07. The second-order valence-electron chi connectivity index (χ2n) is 7.95. The Balaban J connectivity index is 2.68. The highest BCUT2D eigenvalue weighted by molar-refractivity contribution is 5.68. The van der Waals surface area contributed by atoms with Crippen LogP contribution in [0.2, 0.25) is 0 Å². The maximum atomic E-state index is 12.1. The van der Waals surface area contributed by atoms with Crippen LogP contribution in [0.15, 0.2) is 53.4 Å². The monoisotopic (exact) mass is 491 g/mol. The predicted molar refractivity (Wildman–Crippen MR) is 129 cm³/mol. The maximum Gasteiger partial charge on any atom is 0.317 e. The number of ether oxygens (including phenoxy) is 2. The van der Waals surface area contributed by atoms with Crippen molar-refractivity contribution in [3.8, 4) is 5.75 Å². The number of hydrogen-bond donors (Lipinski definition) is 4. The zero-order valence-electron chi connectivity index (χ0n) is 20.7. The third-order valence-electron chi connectivity index (χ3n) is 5.78. The molecule has 11 nitrogen and oxygen atoms in total. The van der Waals surface area contributed by atoms with E-state index in [-0.39, 0.29) is 11.6 Å². The number of nitrogens with one attached hydrogen (secondary N) is 1. The smallest absolute Gasteiger partial charge is 0.317 e. The van der Waals surface area contributed by atoms with Crippen LogP contribution in [0.5, 0.6) is 5.75 Å². The first-order chi connectivity index (χ1) is 16.7. The Bertz CT molecular complexity index is 1010. The lowest BCUT2D eigenvalue weighted by Gasteiger charge is -2.29. The molecule has 1 aromatic rings. The molecule has 0 aliphatic carbocycles. The van der Waals surface area contributed by atoms with Gasteiger partial charge in [-0.25, -0.2) is 4.84 Å². The largest absolute Gasteiger partial charge is 0.496 e. The molecule has 1 aliphatic heterocycles. The molecule has 192 valence electrons. The van der Waals surface area contributed by atoms with Crippen molar-refractivity contribution in [1.82, 2.24) is 10.2 Å². The number of aliphatic carboxylic acids is 1. The summed E-state index contributed by atoms with van der Waals surface area (Å²) in [6.07, 6.45) is 3.60. The Kier molecular flexibility index (Phi) is 10.2. The number of aliphatic hydroxyl groups is 1. The molecule has 1 aliphatic rings. The summed E-state index contributed by atoms with van der Waals surface area (Å²) >= 11 is 0. The van der Waals surface area contributed by atoms with E-state index in [9.17, 15) is 19.9 Å². The first-order valence-electron chi connectivity index (χ1n) is 11.1. The molecule has 0 aromatic heterocycles. The normalized spacial score (nSPS) is 18.0. The average molecular weight is 492 g/mol. The SMILES string of the molecule is C/C=C(\C=C/COC)C(Cc1cc([N+](=O)OC)ccc1OC)C1=C(C(O)CC(=O)O)NC(N)N1C. The topological polar surface area (TPSA) is 147 Å². The van der Waals surface area contributed by atoms with Gasteiger partial charge in [-0.3, -0.25) is 10.5 Å². The molecule has 0 saturated heterocycles. The van der Waals surface area contributed by atoms with E-state index in [2.05, 4.69) is 5.32 Å². The van der Waals surface area contributed by atoms with Gasteiger partial charge < -0.3 is 29.9 Å². The molecular weight excluding hydrogens is 456 g/mol. The second kappa shape index (κ2) is 12.9. The van der Waals surface area contributed by atoms with Crippen LogP contribution in [0.3, 0.4) is 0 Å². The Morgan fingerprint density at radius 3 is 2.63 bits per heavy atom. The highest BCUT2D eigenvalue weighted by Crippen LogP contribution is 2.37. The molecule has 0 fully saturated rings. The summed E-state index contributed by atoms with van der Waals surface area (Å²) in [6.45, 7) is 2.27. The van der Waals surface area contributed by atoms with Crippen molar-refractivity contribution < 1.29 is 34.2 Å². The summed E-state index contributed by atoms with van der Waals surface area (Å²) in [6, 6.07) is 4.94. The van der Waals surface area contributed by atoms with Crippen LogP contribution in [0.25, 0.3) is 0 Å². The van der Waals surface area contributed by atoms with Gasteiger partial charge in [0.2, 0.25) is 0 Å². The molecule has 0 bridgehead atoms. The minimum Gasteiger partial charge on any atom is -0.496 e. The molecule has 1 aromatic carbocycles. The van der Waals surface area contributed by atoms with Crippen LogP contribution in [-0.4, -0.2) is 73.4 Å². The molecule has 0 saturated carbocycles. The van der Waals surface area contributed by atoms with Crippen molar-refractivity contribution >= 4 is 11.7 Å². The fourth-order valence-electron chi connectivity index (χ4n) is 4.07. The van der Waals surface area contributed by atoms with Crippen molar-refractivity contribution in [2.24, 2.45) is 11.7 Å². The molecule has 11 heteroatoms. The third kappa shape index (κ3) is 6.81. The van der Waals surface area contributed by atoms with Gasteiger partial charge in [-0.2, -0.15) is 0 Å². The van der Waals surface area contributed by atoms with Gasteiger partial charge in [0, 0.05) is 43.5 Å². The summed E-state index contributed by atoms with van der Waals surface area (Å²) < 4.78 is 10.7. The van der Waals surface area contributed by atoms with Crippen LogP contribution < -0.4 is 15.8 Å². The van der Waals surface area contributed by atoms with Gasteiger partial charge in [0.15, 0.2) is 13.4 Å². The molecule has 0 radical (unpaired) electrons. The molecule has 5 N–H and O–H groups in total. The molecule has 1 heterocycles. The number of methoxy groups -OCH3 is 2. The molecule has 0 spiro atoms. The van der Waals surface area contributed by atoms with Crippen molar-refractivity contribution in [2.75, 3.05) is 35.0 Å². The predicted octanol–water partition coefficient (Wildman–Crippen LogP) is 1.80. The van der Waals surface area contributed by atoms with E-state index in [0.717, 1.165) is 5.57 Å². The van der Waals surface area contributed by atoms with E-state index in [4.69, 9.17) is 20.0 Å². The summed E-state index contributed by atoms with van der Waals surface area (Å²) in [7, 11) is 6.17. The van der Waals surface area contributed by atoms with Crippen molar-refractivity contribution in [3.05, 3.63) is 63.9 Å². The number of aliphatic hydroxyl groups excluding tert-OH is 1. The number of nitrogens with two attached hydrogens (primary N) is 1. The molecule has 2 rings (SSSR count). The van der Waals surface area contributed by atoms with Gasteiger partial charge in [0.1, 0.15) is 11.9 Å². The first-order valence-corrected chi connectivity index (χ1v) is 11.1. The van der Waals surface area contributed by atoms with Crippen molar-refractivity contribution in [2.45, 2.75) is 32.2 Å². The average Bonchev–Trinajstić information content (AvgIpc) is 3.13. The zero-order valence-corrected chi connectivity index (χ0v) is 20.7. The molecular formula is C24H35N4O7+. The fourth-order valence-corrected chi connectivity index (χ4v) is 4.07. The van der Waals surface area contributed by atoms with Gasteiger partial charge in [-0.05, 0) is 25.0 Å². The van der Waals surface area contributed by atoms with Gasteiger partial charge in [0.05, 0.1) is 30.7 Å². The van der Waals surface area contributed by atoms with Gasteiger partial charge in [0.25, 0.3) is 4.92 Å². The van der Waals surface area contributed by atoms with Crippen LogP contribution in [-0.2, 0) is 20.8 Å². The minimum atomic E-state index is -1.29. The number of carboxylic acids is 1. The van der Waals surface area contributed by atoms with Crippen LogP contribution in [0.1, 0.15) is 18.9 Å². The Labute approximate surface area is 205 Å².